The number of para-hydroxylation sites is 1. The van der Waals surface area contributed by atoms with Gasteiger partial charge in [0.1, 0.15) is 22.9 Å². The molecule has 0 bridgehead atoms. The van der Waals surface area contributed by atoms with E-state index in [0.29, 0.717) is 18.8 Å². The molecule has 1 saturated heterocycles. The van der Waals surface area contributed by atoms with Gasteiger partial charge in [0.15, 0.2) is 0 Å². The minimum atomic E-state index is -1.51. The topological polar surface area (TPSA) is 45.6 Å². The number of halogens is 2. The Morgan fingerprint density at radius 2 is 1.70 bits per heavy atom. The molecule has 0 radical (unpaired) electrons. The van der Waals surface area contributed by atoms with Crippen LogP contribution in [0.2, 0.25) is 0 Å². The van der Waals surface area contributed by atoms with Gasteiger partial charge in [0.2, 0.25) is 0 Å². The van der Waals surface area contributed by atoms with E-state index >= 15 is 0 Å². The Kier molecular flexibility index (Phi) is 4.44. The maximum absolute atomic E-state index is 14.2. The van der Waals surface area contributed by atoms with Crippen molar-refractivity contribution in [2.75, 3.05) is 25.1 Å². The van der Waals surface area contributed by atoms with Gasteiger partial charge in [-0.1, -0.05) is 18.2 Å². The fraction of sp³-hybridized carbons (Fsp3) is 0.286. The molecule has 4 rings (SSSR count). The number of rotatable bonds is 3. The minimum absolute atomic E-state index is 0.231. The Labute approximate surface area is 156 Å². The molecule has 140 valence electrons. The molecule has 0 aliphatic carbocycles. The van der Waals surface area contributed by atoms with Crippen molar-refractivity contribution in [3.8, 4) is 5.75 Å². The second-order valence-corrected chi connectivity index (χ2v) is 6.80. The monoisotopic (exact) mass is 370 g/mol. The lowest BCUT2D eigenvalue weighted by Gasteiger charge is -2.40. The van der Waals surface area contributed by atoms with Crippen LogP contribution in [0.5, 0.6) is 5.75 Å². The molecule has 0 saturated carbocycles. The number of fused-ring (bicyclic) bond motifs is 1. The van der Waals surface area contributed by atoms with Crippen molar-refractivity contribution < 1.29 is 18.6 Å². The van der Waals surface area contributed by atoms with Crippen molar-refractivity contribution in [1.29, 1.82) is 0 Å². The highest BCUT2D eigenvalue weighted by Gasteiger charge is 2.38. The molecule has 1 fully saturated rings. The van der Waals surface area contributed by atoms with Crippen LogP contribution in [-0.2, 0) is 5.60 Å². The first-order chi connectivity index (χ1) is 13.0. The first-order valence-corrected chi connectivity index (χ1v) is 8.87. The lowest BCUT2D eigenvalue weighted by atomic mass is 9.83. The zero-order valence-electron chi connectivity index (χ0n) is 15.0. The maximum Gasteiger partial charge on any atom is 0.145 e. The van der Waals surface area contributed by atoms with Crippen molar-refractivity contribution in [2.45, 2.75) is 18.4 Å². The van der Waals surface area contributed by atoms with Crippen LogP contribution in [0.15, 0.2) is 48.7 Å². The average molecular weight is 370 g/mol. The Hall–Kier alpha value is -2.73. The van der Waals surface area contributed by atoms with Crippen LogP contribution in [0.25, 0.3) is 10.9 Å². The number of aromatic nitrogens is 1. The molecule has 1 aliphatic heterocycles. The van der Waals surface area contributed by atoms with Gasteiger partial charge in [-0.2, -0.15) is 0 Å². The van der Waals surface area contributed by atoms with Crippen LogP contribution in [-0.4, -0.2) is 30.3 Å². The second-order valence-electron chi connectivity index (χ2n) is 6.80. The predicted molar refractivity (Wildman–Crippen MR) is 100.0 cm³/mol. The summed E-state index contributed by atoms with van der Waals surface area (Å²) in [5, 5.41) is 11.9. The highest BCUT2D eigenvalue weighted by Crippen LogP contribution is 2.39. The lowest BCUT2D eigenvalue weighted by Crippen LogP contribution is -2.43. The third-order valence-corrected chi connectivity index (χ3v) is 5.29. The van der Waals surface area contributed by atoms with E-state index in [4.69, 9.17) is 4.74 Å². The summed E-state index contributed by atoms with van der Waals surface area (Å²) in [6.45, 7) is 0.946. The molecule has 4 nitrogen and oxygen atoms in total. The first-order valence-electron chi connectivity index (χ1n) is 8.87. The van der Waals surface area contributed by atoms with Crippen LogP contribution in [0.3, 0.4) is 0 Å². The van der Waals surface area contributed by atoms with Gasteiger partial charge in [0.25, 0.3) is 0 Å². The van der Waals surface area contributed by atoms with Gasteiger partial charge in [-0.25, -0.2) is 8.78 Å². The number of aliphatic hydroxyl groups is 1. The van der Waals surface area contributed by atoms with E-state index in [1.807, 2.05) is 24.3 Å². The number of methoxy groups -OCH3 is 1. The van der Waals surface area contributed by atoms with Crippen LogP contribution in [0.1, 0.15) is 18.4 Å². The highest BCUT2D eigenvalue weighted by molar-refractivity contribution is 5.95. The van der Waals surface area contributed by atoms with E-state index in [-0.39, 0.29) is 18.4 Å². The van der Waals surface area contributed by atoms with Crippen molar-refractivity contribution in [1.82, 2.24) is 4.98 Å². The van der Waals surface area contributed by atoms with E-state index in [0.717, 1.165) is 16.6 Å². The van der Waals surface area contributed by atoms with Crippen molar-refractivity contribution in [2.24, 2.45) is 0 Å². The van der Waals surface area contributed by atoms with Gasteiger partial charge >= 0.3 is 0 Å². The fourth-order valence-corrected chi connectivity index (χ4v) is 3.88. The second kappa shape index (κ2) is 6.78. The van der Waals surface area contributed by atoms with E-state index in [1.165, 1.54) is 18.2 Å². The van der Waals surface area contributed by atoms with Gasteiger partial charge in [0.05, 0.1) is 18.3 Å². The number of hydrogen-bond donors (Lipinski definition) is 1. The zero-order valence-corrected chi connectivity index (χ0v) is 15.0. The van der Waals surface area contributed by atoms with Crippen LogP contribution < -0.4 is 9.64 Å². The molecular formula is C21H20F2N2O2. The molecule has 3 aromatic rings. The molecule has 2 aromatic carbocycles. The van der Waals surface area contributed by atoms with Gasteiger partial charge < -0.3 is 14.7 Å². The average Bonchev–Trinajstić information content (AvgIpc) is 2.67. The van der Waals surface area contributed by atoms with Gasteiger partial charge in [-0.15, -0.1) is 0 Å². The molecule has 0 unspecified atom stereocenters. The molecule has 0 spiro atoms. The Morgan fingerprint density at radius 1 is 1.04 bits per heavy atom. The molecule has 27 heavy (non-hydrogen) atoms. The SMILES string of the molecule is COc1cccc2c(N3CCC(O)(c4c(F)cccc4F)CC3)ccnc12. The summed E-state index contributed by atoms with van der Waals surface area (Å²) in [7, 11) is 1.60. The molecule has 1 aromatic heterocycles. The number of benzene rings is 2. The molecule has 6 heteroatoms. The van der Waals surface area contributed by atoms with Gasteiger partial charge in [-0.3, -0.25) is 4.98 Å². The van der Waals surface area contributed by atoms with Crippen LogP contribution in [0.4, 0.5) is 14.5 Å². The maximum atomic E-state index is 14.2. The molecule has 0 amide bonds. The largest absolute Gasteiger partial charge is 0.494 e. The Morgan fingerprint density at radius 3 is 2.37 bits per heavy atom. The number of piperidine rings is 1. The van der Waals surface area contributed by atoms with E-state index in [2.05, 4.69) is 9.88 Å². The lowest BCUT2D eigenvalue weighted by molar-refractivity contribution is 0.00508. The zero-order chi connectivity index (χ0) is 19.0. The summed E-state index contributed by atoms with van der Waals surface area (Å²) in [6.07, 6.45) is 2.19. The van der Waals surface area contributed by atoms with Gasteiger partial charge in [0, 0.05) is 30.4 Å². The van der Waals surface area contributed by atoms with Crippen molar-refractivity contribution in [3.05, 3.63) is 65.9 Å². The summed E-state index contributed by atoms with van der Waals surface area (Å²) in [5.74, 6) is -0.716. The van der Waals surface area contributed by atoms with E-state index < -0.39 is 17.2 Å². The summed E-state index contributed by atoms with van der Waals surface area (Å²) < 4.78 is 33.7. The smallest absolute Gasteiger partial charge is 0.145 e. The number of ether oxygens (including phenoxy) is 1. The predicted octanol–water partition coefficient (Wildman–Crippen LogP) is 4.01. The Bertz CT molecular complexity index is 965. The summed E-state index contributed by atoms with van der Waals surface area (Å²) in [6, 6.07) is 11.3. The van der Waals surface area contributed by atoms with Crippen LogP contribution >= 0.6 is 0 Å². The normalized spacial score (nSPS) is 16.5. The third kappa shape index (κ3) is 3.00. The highest BCUT2D eigenvalue weighted by atomic mass is 19.1. The molecule has 1 aliphatic rings. The molecular weight excluding hydrogens is 350 g/mol. The van der Waals surface area contributed by atoms with Crippen LogP contribution in [0, 0.1) is 11.6 Å². The van der Waals surface area contributed by atoms with Crippen molar-refractivity contribution >= 4 is 16.6 Å². The summed E-state index contributed by atoms with van der Waals surface area (Å²) in [5.41, 5.74) is -0.00810. The third-order valence-electron chi connectivity index (χ3n) is 5.29. The first kappa shape index (κ1) is 17.7. The minimum Gasteiger partial charge on any atom is -0.494 e. The standard InChI is InChI=1S/C21H20F2N2O2/c1-27-18-7-2-4-14-17(8-11-24-20(14)18)25-12-9-21(26,10-13-25)19-15(22)5-3-6-16(19)23/h2-8,11,26H,9-10,12-13H2,1H3. The number of hydrogen-bond acceptors (Lipinski definition) is 4. The molecule has 1 N–H and O–H groups in total. The molecule has 0 atom stereocenters. The number of anilines is 1. The van der Waals surface area contributed by atoms with E-state index in [1.54, 1.807) is 13.3 Å². The van der Waals surface area contributed by atoms with Gasteiger partial charge in [-0.05, 0) is 37.1 Å². The number of pyridine rings is 1. The fourth-order valence-electron chi connectivity index (χ4n) is 3.88. The van der Waals surface area contributed by atoms with E-state index in [9.17, 15) is 13.9 Å². The van der Waals surface area contributed by atoms with Crippen molar-refractivity contribution in [3.63, 3.8) is 0 Å². The quantitative estimate of drug-likeness (QED) is 0.757. The summed E-state index contributed by atoms with van der Waals surface area (Å²) in [4.78, 5) is 6.51. The number of nitrogens with zero attached hydrogens (tertiary/aromatic N) is 2. The Balaban J connectivity index is 1.65. The molecule has 2 heterocycles. The summed E-state index contributed by atoms with van der Waals surface area (Å²) >= 11 is 0.